The van der Waals surface area contributed by atoms with Gasteiger partial charge in [0.1, 0.15) is 28.5 Å². The van der Waals surface area contributed by atoms with Crippen molar-refractivity contribution in [2.24, 2.45) is 0 Å². The Bertz CT molecular complexity index is 458. The molecule has 0 fully saturated rings. The first kappa shape index (κ1) is 12.0. The Morgan fingerprint density at radius 2 is 2.00 bits per heavy atom. The minimum atomic E-state index is -0.635. The Morgan fingerprint density at radius 3 is 2.65 bits per heavy atom. The predicted molar refractivity (Wildman–Crippen MR) is 62.5 cm³/mol. The van der Waals surface area contributed by atoms with Gasteiger partial charge in [0.05, 0.1) is 0 Å². The molecule has 92 valence electrons. The molecule has 0 bridgehead atoms. The van der Waals surface area contributed by atoms with Crippen molar-refractivity contribution < 1.29 is 19.7 Å². The molecule has 0 spiro atoms. The summed E-state index contributed by atoms with van der Waals surface area (Å²) in [4.78, 5) is 11.7. The number of halogens is 1. The standard InChI is InChI=1S/C12H13ClO4/c1-2-3-8-11(13)9-6(14)4-5-7(15)10(9)12(16)17-8/h4-5,8,11,14-15H,2-3H2,1H3/t8-,11?/m1/s1. The molecule has 1 aromatic carbocycles. The SMILES string of the molecule is CCC[C@H]1OC(=O)c2c(O)ccc(O)c2C1Cl. The number of carbonyl (C=O) groups excluding carboxylic acids is 1. The highest BCUT2D eigenvalue weighted by Gasteiger charge is 2.37. The van der Waals surface area contributed by atoms with Gasteiger partial charge >= 0.3 is 5.97 Å². The molecule has 0 saturated carbocycles. The average Bonchev–Trinajstić information content (AvgIpc) is 2.29. The van der Waals surface area contributed by atoms with E-state index in [0.29, 0.717) is 6.42 Å². The van der Waals surface area contributed by atoms with Crippen molar-refractivity contribution in [3.05, 3.63) is 23.3 Å². The summed E-state index contributed by atoms with van der Waals surface area (Å²) >= 11 is 6.19. The van der Waals surface area contributed by atoms with Crippen LogP contribution in [0.3, 0.4) is 0 Å². The Morgan fingerprint density at radius 1 is 1.35 bits per heavy atom. The number of phenolic OH excluding ortho intramolecular Hbond substituents is 2. The molecule has 17 heavy (non-hydrogen) atoms. The molecule has 1 heterocycles. The Balaban J connectivity index is 2.52. The minimum absolute atomic E-state index is 0.0302. The third kappa shape index (κ3) is 1.93. The number of phenols is 2. The van der Waals surface area contributed by atoms with Crippen molar-refractivity contribution in [3.8, 4) is 11.5 Å². The number of alkyl halides is 1. The van der Waals surface area contributed by atoms with Gasteiger partial charge in [-0.1, -0.05) is 13.3 Å². The van der Waals surface area contributed by atoms with E-state index in [-0.39, 0.29) is 22.6 Å². The summed E-state index contributed by atoms with van der Waals surface area (Å²) < 4.78 is 5.16. The molecule has 0 aromatic heterocycles. The number of aromatic hydroxyl groups is 2. The molecular formula is C12H13ClO4. The molecule has 1 aliphatic rings. The number of benzene rings is 1. The van der Waals surface area contributed by atoms with Gasteiger partial charge in [0.25, 0.3) is 0 Å². The van der Waals surface area contributed by atoms with Gasteiger partial charge in [0.15, 0.2) is 0 Å². The van der Waals surface area contributed by atoms with Crippen molar-refractivity contribution in [2.75, 3.05) is 0 Å². The van der Waals surface area contributed by atoms with Gasteiger partial charge in [0, 0.05) is 5.56 Å². The van der Waals surface area contributed by atoms with Crippen molar-refractivity contribution in [2.45, 2.75) is 31.2 Å². The Labute approximate surface area is 104 Å². The minimum Gasteiger partial charge on any atom is -0.508 e. The van der Waals surface area contributed by atoms with Gasteiger partial charge < -0.3 is 14.9 Å². The maximum atomic E-state index is 11.7. The molecule has 2 atom stereocenters. The van der Waals surface area contributed by atoms with Crippen molar-refractivity contribution in [3.63, 3.8) is 0 Å². The van der Waals surface area contributed by atoms with Crippen molar-refractivity contribution in [1.82, 2.24) is 0 Å². The second-order valence-corrected chi connectivity index (χ2v) is 4.50. The van der Waals surface area contributed by atoms with E-state index in [2.05, 4.69) is 0 Å². The fourth-order valence-corrected chi connectivity index (χ4v) is 2.42. The summed E-state index contributed by atoms with van der Waals surface area (Å²) in [5.41, 5.74) is 0.235. The van der Waals surface area contributed by atoms with Gasteiger partial charge in [0.2, 0.25) is 0 Å². The molecular weight excluding hydrogens is 244 g/mol. The summed E-state index contributed by atoms with van der Waals surface area (Å²) in [7, 11) is 0. The summed E-state index contributed by atoms with van der Waals surface area (Å²) in [5.74, 6) is -0.942. The lowest BCUT2D eigenvalue weighted by Crippen LogP contribution is -2.29. The van der Waals surface area contributed by atoms with Gasteiger partial charge in [-0.2, -0.15) is 0 Å². The van der Waals surface area contributed by atoms with E-state index in [1.54, 1.807) is 0 Å². The van der Waals surface area contributed by atoms with Crippen LogP contribution in [0, 0.1) is 0 Å². The van der Waals surface area contributed by atoms with Crippen LogP contribution in [0.5, 0.6) is 11.5 Å². The molecule has 0 radical (unpaired) electrons. The van der Waals surface area contributed by atoms with E-state index in [4.69, 9.17) is 16.3 Å². The maximum absolute atomic E-state index is 11.7. The highest BCUT2D eigenvalue weighted by Crippen LogP contribution is 2.44. The Kier molecular flexibility index (Phi) is 3.15. The molecule has 0 aliphatic carbocycles. The van der Waals surface area contributed by atoms with Crippen molar-refractivity contribution >= 4 is 17.6 Å². The lowest BCUT2D eigenvalue weighted by atomic mass is 9.94. The number of carbonyl (C=O) groups is 1. The Hall–Kier alpha value is -1.42. The molecule has 2 N–H and O–H groups in total. The first-order valence-electron chi connectivity index (χ1n) is 5.46. The molecule has 4 nitrogen and oxygen atoms in total. The number of ether oxygens (including phenoxy) is 1. The van der Waals surface area contributed by atoms with Gasteiger partial charge in [-0.3, -0.25) is 0 Å². The van der Waals surface area contributed by atoms with E-state index in [0.717, 1.165) is 6.42 Å². The van der Waals surface area contributed by atoms with Crippen LogP contribution < -0.4 is 0 Å². The normalized spacial score (nSPS) is 23.1. The third-order valence-electron chi connectivity index (χ3n) is 2.84. The van der Waals surface area contributed by atoms with Crippen LogP contribution in [-0.2, 0) is 4.74 Å². The van der Waals surface area contributed by atoms with Gasteiger partial charge in [-0.15, -0.1) is 11.6 Å². The van der Waals surface area contributed by atoms with Crippen LogP contribution in [0.1, 0.15) is 41.1 Å². The number of cyclic esters (lactones) is 1. The predicted octanol–water partition coefficient (Wildman–Crippen LogP) is 2.72. The highest BCUT2D eigenvalue weighted by atomic mass is 35.5. The van der Waals surface area contributed by atoms with Crippen molar-refractivity contribution in [1.29, 1.82) is 0 Å². The quantitative estimate of drug-likeness (QED) is 0.485. The number of hydrogen-bond donors (Lipinski definition) is 2. The fourth-order valence-electron chi connectivity index (χ4n) is 2.02. The van der Waals surface area contributed by atoms with Gasteiger partial charge in [-0.05, 0) is 18.6 Å². The number of rotatable bonds is 2. The van der Waals surface area contributed by atoms with E-state index in [1.165, 1.54) is 12.1 Å². The van der Waals surface area contributed by atoms with Crippen LogP contribution in [0.2, 0.25) is 0 Å². The van der Waals surface area contributed by atoms with E-state index < -0.39 is 17.5 Å². The topological polar surface area (TPSA) is 66.8 Å². The summed E-state index contributed by atoms with van der Waals surface area (Å²) in [6.45, 7) is 1.95. The van der Waals surface area contributed by atoms with Crippen LogP contribution in [0.15, 0.2) is 12.1 Å². The largest absolute Gasteiger partial charge is 0.508 e. The zero-order chi connectivity index (χ0) is 12.6. The summed E-state index contributed by atoms with van der Waals surface area (Å²) in [6.07, 6.45) is 0.971. The first-order chi connectivity index (χ1) is 8.06. The molecule has 1 aliphatic heterocycles. The van der Waals surface area contributed by atoms with Crippen LogP contribution in [-0.4, -0.2) is 22.3 Å². The smallest absolute Gasteiger partial charge is 0.342 e. The molecule has 0 saturated heterocycles. The molecule has 1 aromatic rings. The third-order valence-corrected chi connectivity index (χ3v) is 3.34. The average molecular weight is 257 g/mol. The van der Waals surface area contributed by atoms with E-state index in [9.17, 15) is 15.0 Å². The van der Waals surface area contributed by atoms with Crippen LogP contribution in [0.25, 0.3) is 0 Å². The second-order valence-electron chi connectivity index (χ2n) is 4.03. The summed E-state index contributed by atoms with van der Waals surface area (Å²) in [6, 6.07) is 2.57. The van der Waals surface area contributed by atoms with Crippen LogP contribution in [0.4, 0.5) is 0 Å². The first-order valence-corrected chi connectivity index (χ1v) is 5.89. The maximum Gasteiger partial charge on any atom is 0.342 e. The lowest BCUT2D eigenvalue weighted by molar-refractivity contribution is 0.0214. The number of hydrogen-bond acceptors (Lipinski definition) is 4. The second kappa shape index (κ2) is 4.45. The zero-order valence-electron chi connectivity index (χ0n) is 9.31. The van der Waals surface area contributed by atoms with Crippen LogP contribution >= 0.6 is 11.6 Å². The highest BCUT2D eigenvalue weighted by molar-refractivity contribution is 6.23. The van der Waals surface area contributed by atoms with E-state index in [1.807, 2.05) is 6.92 Å². The molecule has 2 rings (SSSR count). The molecule has 1 unspecified atom stereocenters. The van der Waals surface area contributed by atoms with Gasteiger partial charge in [-0.25, -0.2) is 4.79 Å². The number of esters is 1. The summed E-state index contributed by atoms with van der Waals surface area (Å²) in [5, 5.41) is 18.7. The number of fused-ring (bicyclic) bond motifs is 1. The van der Waals surface area contributed by atoms with E-state index >= 15 is 0 Å². The fraction of sp³-hybridized carbons (Fsp3) is 0.417. The molecule has 0 amide bonds. The monoisotopic (exact) mass is 256 g/mol. The molecule has 5 heteroatoms. The lowest BCUT2D eigenvalue weighted by Gasteiger charge is -2.29. The zero-order valence-corrected chi connectivity index (χ0v) is 10.1.